The molecule has 0 fully saturated rings. The van der Waals surface area contributed by atoms with Gasteiger partial charge in [0.05, 0.1) is 6.04 Å². The summed E-state index contributed by atoms with van der Waals surface area (Å²) in [6.45, 7) is 0. The molecule has 0 aliphatic rings. The summed E-state index contributed by atoms with van der Waals surface area (Å²) in [7, 11) is 1.63. The van der Waals surface area contributed by atoms with Gasteiger partial charge in [0.1, 0.15) is 11.2 Å². The van der Waals surface area contributed by atoms with Crippen molar-refractivity contribution in [3.63, 3.8) is 0 Å². The highest BCUT2D eigenvalue weighted by molar-refractivity contribution is 5.97. The molecular weight excluding hydrogens is 350 g/mol. The van der Waals surface area contributed by atoms with Crippen LogP contribution in [0.4, 0.5) is 0 Å². The summed E-state index contributed by atoms with van der Waals surface area (Å²) in [6.07, 6.45) is 1.63. The molecule has 138 valence electrons. The largest absolute Gasteiger partial charge is 0.341 e. The molecule has 5 heteroatoms. The van der Waals surface area contributed by atoms with E-state index in [9.17, 15) is 9.59 Å². The van der Waals surface area contributed by atoms with E-state index in [0.29, 0.717) is 5.65 Å². The molecule has 2 heterocycles. The van der Waals surface area contributed by atoms with Crippen LogP contribution < -0.4 is 10.9 Å². The van der Waals surface area contributed by atoms with Crippen molar-refractivity contribution in [2.75, 3.05) is 0 Å². The van der Waals surface area contributed by atoms with Gasteiger partial charge in [-0.2, -0.15) is 0 Å². The van der Waals surface area contributed by atoms with Crippen molar-refractivity contribution in [3.05, 3.63) is 112 Å². The minimum absolute atomic E-state index is 0.0971. The second-order valence-corrected chi connectivity index (χ2v) is 6.57. The van der Waals surface area contributed by atoms with E-state index in [1.165, 1.54) is 4.57 Å². The summed E-state index contributed by atoms with van der Waals surface area (Å²) in [4.78, 5) is 30.0. The van der Waals surface area contributed by atoms with Gasteiger partial charge in [-0.25, -0.2) is 4.98 Å². The van der Waals surface area contributed by atoms with Crippen molar-refractivity contribution >= 4 is 16.9 Å². The number of nitrogens with one attached hydrogen (secondary N) is 1. The van der Waals surface area contributed by atoms with Gasteiger partial charge in [0.15, 0.2) is 0 Å². The van der Waals surface area contributed by atoms with Gasteiger partial charge < -0.3 is 5.32 Å². The van der Waals surface area contributed by atoms with E-state index in [2.05, 4.69) is 10.3 Å². The maximum Gasteiger partial charge on any atom is 0.264 e. The topological polar surface area (TPSA) is 64.0 Å². The normalized spacial score (nSPS) is 10.9. The third kappa shape index (κ3) is 3.30. The third-order valence-electron chi connectivity index (χ3n) is 4.76. The van der Waals surface area contributed by atoms with Gasteiger partial charge in [-0.1, -0.05) is 60.7 Å². The van der Waals surface area contributed by atoms with Gasteiger partial charge in [0, 0.05) is 18.6 Å². The number of fused-ring (bicyclic) bond motifs is 1. The lowest BCUT2D eigenvalue weighted by atomic mass is 9.98. The van der Waals surface area contributed by atoms with Gasteiger partial charge in [0.25, 0.3) is 11.5 Å². The Hall–Kier alpha value is -3.73. The van der Waals surface area contributed by atoms with Gasteiger partial charge in [-0.3, -0.25) is 14.2 Å². The molecule has 1 N–H and O–H groups in total. The Kier molecular flexibility index (Phi) is 4.72. The van der Waals surface area contributed by atoms with E-state index in [4.69, 9.17) is 0 Å². The second kappa shape index (κ2) is 7.48. The SMILES string of the molecule is Cn1c(=O)c(C(=O)NC(c2ccccc2)c2ccccc2)cc2cccnc21. The Bertz CT molecular complexity index is 1150. The van der Waals surface area contributed by atoms with Crippen molar-refractivity contribution in [3.8, 4) is 0 Å². The van der Waals surface area contributed by atoms with Gasteiger partial charge >= 0.3 is 0 Å². The lowest BCUT2D eigenvalue weighted by Gasteiger charge is -2.20. The minimum Gasteiger partial charge on any atom is -0.341 e. The second-order valence-electron chi connectivity index (χ2n) is 6.57. The van der Waals surface area contributed by atoms with Crippen LogP contribution in [-0.2, 0) is 7.05 Å². The number of carbonyl (C=O) groups excluding carboxylic acids is 1. The molecule has 0 aliphatic carbocycles. The number of carbonyl (C=O) groups is 1. The average Bonchev–Trinajstić information content (AvgIpc) is 2.75. The maximum atomic E-state index is 13.1. The molecule has 0 atom stereocenters. The smallest absolute Gasteiger partial charge is 0.264 e. The van der Waals surface area contributed by atoms with Gasteiger partial charge in [0.2, 0.25) is 0 Å². The number of aryl methyl sites for hydroxylation is 1. The van der Waals surface area contributed by atoms with Crippen LogP contribution in [0.5, 0.6) is 0 Å². The van der Waals surface area contributed by atoms with Crippen LogP contribution in [0.3, 0.4) is 0 Å². The number of hydrogen-bond acceptors (Lipinski definition) is 3. The Morgan fingerprint density at radius 3 is 2.14 bits per heavy atom. The Morgan fingerprint density at radius 1 is 0.929 bits per heavy atom. The fourth-order valence-corrected chi connectivity index (χ4v) is 3.32. The number of pyridine rings is 2. The number of rotatable bonds is 4. The molecule has 1 amide bonds. The summed E-state index contributed by atoms with van der Waals surface area (Å²) in [6, 6.07) is 24.3. The molecule has 28 heavy (non-hydrogen) atoms. The summed E-state index contributed by atoms with van der Waals surface area (Å²) >= 11 is 0. The zero-order valence-corrected chi connectivity index (χ0v) is 15.4. The lowest BCUT2D eigenvalue weighted by molar-refractivity contribution is 0.0941. The van der Waals surface area contributed by atoms with Crippen molar-refractivity contribution in [1.29, 1.82) is 0 Å². The third-order valence-corrected chi connectivity index (χ3v) is 4.76. The molecule has 0 radical (unpaired) electrons. The van der Waals surface area contributed by atoms with E-state index in [-0.39, 0.29) is 17.2 Å². The van der Waals surface area contributed by atoms with Crippen LogP contribution in [-0.4, -0.2) is 15.5 Å². The molecule has 0 unspecified atom stereocenters. The standard InChI is InChI=1S/C23H19N3O2/c1-26-21-18(13-8-14-24-21)15-19(23(26)28)22(27)25-20(16-9-4-2-5-10-16)17-11-6-3-7-12-17/h2-15,20H,1H3,(H,25,27). The highest BCUT2D eigenvalue weighted by Crippen LogP contribution is 2.22. The Balaban J connectivity index is 1.76. The van der Waals surface area contributed by atoms with Gasteiger partial charge in [-0.05, 0) is 29.3 Å². The summed E-state index contributed by atoms with van der Waals surface area (Å²) in [5, 5.41) is 3.77. The number of nitrogens with zero attached hydrogens (tertiary/aromatic N) is 2. The van der Waals surface area contributed by atoms with Crippen molar-refractivity contribution in [1.82, 2.24) is 14.9 Å². The summed E-state index contributed by atoms with van der Waals surface area (Å²) in [5.41, 5.74) is 2.16. The van der Waals surface area contributed by atoms with Crippen molar-refractivity contribution in [2.45, 2.75) is 6.04 Å². The first-order valence-corrected chi connectivity index (χ1v) is 9.00. The molecule has 0 bridgehead atoms. The molecule has 2 aromatic heterocycles. The quantitative estimate of drug-likeness (QED) is 0.599. The first kappa shape index (κ1) is 17.7. The molecule has 4 rings (SSSR count). The van der Waals surface area contributed by atoms with Crippen LogP contribution in [0, 0.1) is 0 Å². The van der Waals surface area contributed by atoms with Gasteiger partial charge in [-0.15, -0.1) is 0 Å². The van der Waals surface area contributed by atoms with E-state index >= 15 is 0 Å². The fourth-order valence-electron chi connectivity index (χ4n) is 3.32. The van der Waals surface area contributed by atoms with E-state index in [1.807, 2.05) is 66.7 Å². The van der Waals surface area contributed by atoms with E-state index in [1.54, 1.807) is 25.4 Å². The van der Waals surface area contributed by atoms with Crippen molar-refractivity contribution < 1.29 is 4.79 Å². The number of hydrogen-bond donors (Lipinski definition) is 1. The number of aromatic nitrogens is 2. The molecule has 0 saturated carbocycles. The van der Waals surface area contributed by atoms with E-state index in [0.717, 1.165) is 16.5 Å². The maximum absolute atomic E-state index is 13.1. The number of benzene rings is 2. The molecule has 0 spiro atoms. The molecule has 5 nitrogen and oxygen atoms in total. The van der Waals surface area contributed by atoms with Crippen LogP contribution in [0.1, 0.15) is 27.5 Å². The molecule has 0 saturated heterocycles. The summed E-state index contributed by atoms with van der Waals surface area (Å²) in [5.74, 6) is -0.413. The predicted molar refractivity (Wildman–Crippen MR) is 109 cm³/mol. The fraction of sp³-hybridized carbons (Fsp3) is 0.0870. The van der Waals surface area contributed by atoms with E-state index < -0.39 is 5.91 Å². The first-order chi connectivity index (χ1) is 13.6. The lowest BCUT2D eigenvalue weighted by Crippen LogP contribution is -2.35. The van der Waals surface area contributed by atoms with Crippen LogP contribution in [0.25, 0.3) is 11.0 Å². The zero-order valence-electron chi connectivity index (χ0n) is 15.4. The average molecular weight is 369 g/mol. The summed E-state index contributed by atoms with van der Waals surface area (Å²) < 4.78 is 1.41. The first-order valence-electron chi connectivity index (χ1n) is 9.00. The molecule has 0 aliphatic heterocycles. The van der Waals surface area contributed by atoms with Crippen LogP contribution in [0.15, 0.2) is 89.9 Å². The monoisotopic (exact) mass is 369 g/mol. The zero-order chi connectivity index (χ0) is 19.5. The highest BCUT2D eigenvalue weighted by Gasteiger charge is 2.20. The number of amides is 1. The molecule has 4 aromatic rings. The molecule has 2 aromatic carbocycles. The minimum atomic E-state index is -0.413. The van der Waals surface area contributed by atoms with Crippen molar-refractivity contribution in [2.24, 2.45) is 7.05 Å². The highest BCUT2D eigenvalue weighted by atomic mass is 16.2. The Morgan fingerprint density at radius 2 is 1.54 bits per heavy atom. The molecular formula is C23H19N3O2. The predicted octanol–water partition coefficient (Wildman–Crippen LogP) is 3.45. The van der Waals surface area contributed by atoms with Crippen LogP contribution >= 0.6 is 0 Å². The van der Waals surface area contributed by atoms with Crippen LogP contribution in [0.2, 0.25) is 0 Å². The Labute approximate surface area is 162 Å².